The van der Waals surface area contributed by atoms with Gasteiger partial charge in [-0.3, -0.25) is 0 Å². The van der Waals surface area contributed by atoms with E-state index in [9.17, 15) is 0 Å². The van der Waals surface area contributed by atoms with E-state index >= 15 is 0 Å². The molecule has 0 spiro atoms. The van der Waals surface area contributed by atoms with Crippen molar-refractivity contribution in [2.24, 2.45) is 0 Å². The van der Waals surface area contributed by atoms with Crippen molar-refractivity contribution in [3.05, 3.63) is 36.0 Å². The lowest BCUT2D eigenvalue weighted by molar-refractivity contribution is 0.387. The fourth-order valence-corrected chi connectivity index (χ4v) is 2.25. The summed E-state index contributed by atoms with van der Waals surface area (Å²) in [5, 5.41) is 7.41. The summed E-state index contributed by atoms with van der Waals surface area (Å²) in [7, 11) is 0. The monoisotopic (exact) mass is 244 g/mol. The molecule has 3 rings (SSSR count). The van der Waals surface area contributed by atoms with Crippen LogP contribution >= 0.6 is 0 Å². The van der Waals surface area contributed by atoms with Gasteiger partial charge >= 0.3 is 0 Å². The van der Waals surface area contributed by atoms with E-state index in [0.29, 0.717) is 12.4 Å². The second-order valence-electron chi connectivity index (χ2n) is 4.45. The Kier molecular flexibility index (Phi) is 2.88. The third-order valence-corrected chi connectivity index (χ3v) is 3.07. The molecule has 18 heavy (non-hydrogen) atoms. The van der Waals surface area contributed by atoms with Gasteiger partial charge in [0.25, 0.3) is 0 Å². The summed E-state index contributed by atoms with van der Waals surface area (Å²) in [6.45, 7) is 4.50. The van der Waals surface area contributed by atoms with E-state index < -0.39 is 0 Å². The maximum Gasteiger partial charge on any atom is 0.223 e. The molecule has 0 atom stereocenters. The van der Waals surface area contributed by atoms with Gasteiger partial charge in [0.15, 0.2) is 5.82 Å². The second-order valence-corrected chi connectivity index (χ2v) is 4.45. The number of rotatable bonds is 2. The number of hydrogen-bond acceptors (Lipinski definition) is 5. The molecule has 0 saturated carbocycles. The Labute approximate surface area is 106 Å². The Bertz CT molecular complexity index is 537. The van der Waals surface area contributed by atoms with Crippen molar-refractivity contribution in [1.82, 2.24) is 10.1 Å². The number of aryl methyl sites for hydroxylation is 1. The summed E-state index contributed by atoms with van der Waals surface area (Å²) in [6, 6.07) is 8.34. The van der Waals surface area contributed by atoms with Gasteiger partial charge in [0.1, 0.15) is 0 Å². The van der Waals surface area contributed by atoms with Crippen LogP contribution in [-0.2, 0) is 6.54 Å². The highest BCUT2D eigenvalue weighted by Gasteiger charge is 2.16. The van der Waals surface area contributed by atoms with E-state index in [1.54, 1.807) is 0 Å². The maximum absolute atomic E-state index is 5.02. The van der Waals surface area contributed by atoms with Crippen LogP contribution in [0.3, 0.4) is 0 Å². The minimum absolute atomic E-state index is 0.617. The highest BCUT2D eigenvalue weighted by Crippen LogP contribution is 2.28. The van der Waals surface area contributed by atoms with Gasteiger partial charge in [-0.2, -0.15) is 4.98 Å². The molecule has 2 aromatic rings. The van der Waals surface area contributed by atoms with Crippen molar-refractivity contribution >= 4 is 11.4 Å². The largest absolute Gasteiger partial charge is 0.383 e. The Hall–Kier alpha value is -2.04. The highest BCUT2D eigenvalue weighted by molar-refractivity contribution is 5.70. The molecule has 94 valence electrons. The molecule has 0 amide bonds. The van der Waals surface area contributed by atoms with Gasteiger partial charge in [0.05, 0.1) is 17.9 Å². The number of hydrogen-bond donors (Lipinski definition) is 1. The summed E-state index contributed by atoms with van der Waals surface area (Å²) in [5.74, 6) is 1.36. The average molecular weight is 244 g/mol. The molecule has 2 heterocycles. The predicted molar refractivity (Wildman–Crippen MR) is 69.6 cm³/mol. The van der Waals surface area contributed by atoms with E-state index in [1.165, 1.54) is 11.4 Å². The summed E-state index contributed by atoms with van der Waals surface area (Å²) >= 11 is 0. The van der Waals surface area contributed by atoms with Crippen LogP contribution < -0.4 is 10.2 Å². The Morgan fingerprint density at radius 1 is 1.39 bits per heavy atom. The van der Waals surface area contributed by atoms with Crippen LogP contribution in [0.25, 0.3) is 0 Å². The van der Waals surface area contributed by atoms with Crippen molar-refractivity contribution < 1.29 is 4.52 Å². The number of fused-ring (bicyclic) bond motifs is 1. The zero-order chi connectivity index (χ0) is 12.4. The fourth-order valence-electron chi connectivity index (χ4n) is 2.25. The molecular formula is C13H16N4O. The molecule has 0 radical (unpaired) electrons. The summed E-state index contributed by atoms with van der Waals surface area (Å²) in [5.41, 5.74) is 2.38. The van der Waals surface area contributed by atoms with Crippen LogP contribution in [0.1, 0.15) is 18.1 Å². The first-order chi connectivity index (χ1) is 8.83. The number of benzene rings is 1. The van der Waals surface area contributed by atoms with Crippen LogP contribution in [0, 0.1) is 6.92 Å². The molecular weight excluding hydrogens is 228 g/mol. The Morgan fingerprint density at radius 3 is 3.11 bits per heavy atom. The standard InChI is InChI=1S/C13H16N4O/c1-10-15-13(16-18-10)9-17-8-4-7-14-11-5-2-3-6-12(11)17/h2-3,5-6,14H,4,7-9H2,1H3. The van der Waals surface area contributed by atoms with Crippen molar-refractivity contribution in [1.29, 1.82) is 0 Å². The van der Waals surface area contributed by atoms with Crippen molar-refractivity contribution in [3.63, 3.8) is 0 Å². The van der Waals surface area contributed by atoms with Gasteiger partial charge in [0.2, 0.25) is 5.89 Å². The van der Waals surface area contributed by atoms with E-state index in [2.05, 4.69) is 38.6 Å². The van der Waals surface area contributed by atoms with Crippen LogP contribution in [0.5, 0.6) is 0 Å². The first kappa shape index (κ1) is 11.1. The fraction of sp³-hybridized carbons (Fsp3) is 0.385. The molecule has 0 unspecified atom stereocenters. The van der Waals surface area contributed by atoms with Crippen molar-refractivity contribution in [2.75, 3.05) is 23.3 Å². The van der Waals surface area contributed by atoms with Crippen molar-refractivity contribution in [2.45, 2.75) is 19.9 Å². The first-order valence-electron chi connectivity index (χ1n) is 6.20. The molecule has 1 aliphatic heterocycles. The lowest BCUT2D eigenvalue weighted by Crippen LogP contribution is -2.23. The molecule has 0 aliphatic carbocycles. The van der Waals surface area contributed by atoms with E-state index in [4.69, 9.17) is 4.52 Å². The first-order valence-corrected chi connectivity index (χ1v) is 6.20. The lowest BCUT2D eigenvalue weighted by atomic mass is 10.2. The minimum Gasteiger partial charge on any atom is -0.383 e. The SMILES string of the molecule is Cc1nc(CN2CCCNc3ccccc32)no1. The third-order valence-electron chi connectivity index (χ3n) is 3.07. The second kappa shape index (κ2) is 4.68. The molecule has 0 fully saturated rings. The summed E-state index contributed by atoms with van der Waals surface area (Å²) in [4.78, 5) is 6.56. The number of aromatic nitrogens is 2. The third kappa shape index (κ3) is 2.16. The smallest absolute Gasteiger partial charge is 0.223 e. The van der Waals surface area contributed by atoms with Crippen LogP contribution in [-0.4, -0.2) is 23.2 Å². The van der Waals surface area contributed by atoms with Gasteiger partial charge in [-0.1, -0.05) is 17.3 Å². The predicted octanol–water partition coefficient (Wildman–Crippen LogP) is 2.20. The molecule has 1 aromatic carbocycles. The Balaban J connectivity index is 1.87. The summed E-state index contributed by atoms with van der Waals surface area (Å²) in [6.07, 6.45) is 1.10. The lowest BCUT2D eigenvalue weighted by Gasteiger charge is -2.22. The zero-order valence-corrected chi connectivity index (χ0v) is 10.4. The normalized spacial score (nSPS) is 14.8. The molecule has 5 nitrogen and oxygen atoms in total. The molecule has 1 aromatic heterocycles. The van der Waals surface area contributed by atoms with Gasteiger partial charge < -0.3 is 14.7 Å². The van der Waals surface area contributed by atoms with E-state index in [0.717, 1.165) is 25.3 Å². The van der Waals surface area contributed by atoms with Crippen LogP contribution in [0.4, 0.5) is 11.4 Å². The number of anilines is 2. The molecule has 1 N–H and O–H groups in total. The van der Waals surface area contributed by atoms with Gasteiger partial charge in [-0.25, -0.2) is 0 Å². The quantitative estimate of drug-likeness (QED) is 0.877. The molecule has 0 saturated heterocycles. The minimum atomic E-state index is 0.617. The molecule has 1 aliphatic rings. The maximum atomic E-state index is 5.02. The number of para-hydroxylation sites is 2. The van der Waals surface area contributed by atoms with Crippen molar-refractivity contribution in [3.8, 4) is 0 Å². The van der Waals surface area contributed by atoms with E-state index in [-0.39, 0.29) is 0 Å². The van der Waals surface area contributed by atoms with Crippen LogP contribution in [0.2, 0.25) is 0 Å². The highest BCUT2D eigenvalue weighted by atomic mass is 16.5. The summed E-state index contributed by atoms with van der Waals surface area (Å²) < 4.78 is 5.02. The van der Waals surface area contributed by atoms with Crippen LogP contribution in [0.15, 0.2) is 28.8 Å². The molecule has 5 heteroatoms. The van der Waals surface area contributed by atoms with E-state index in [1.807, 2.05) is 13.0 Å². The number of nitrogens with zero attached hydrogens (tertiary/aromatic N) is 3. The number of nitrogens with one attached hydrogen (secondary N) is 1. The Morgan fingerprint density at radius 2 is 2.28 bits per heavy atom. The topological polar surface area (TPSA) is 54.2 Å². The zero-order valence-electron chi connectivity index (χ0n) is 10.4. The van der Waals surface area contributed by atoms with Gasteiger partial charge in [-0.05, 0) is 18.6 Å². The molecule has 0 bridgehead atoms. The average Bonchev–Trinajstić information content (AvgIpc) is 2.68. The van der Waals surface area contributed by atoms with Gasteiger partial charge in [0, 0.05) is 20.0 Å². The van der Waals surface area contributed by atoms with Gasteiger partial charge in [-0.15, -0.1) is 0 Å².